The molecule has 31 heavy (non-hydrogen) atoms. The standard InChI is InChI=1S/C24H29N3O4/c28-23-17-27(24(29)22-7-4-14-30-22)16-21(31-18-20-8-11-25-12-9-20)15-26(23)13-10-19-5-2-1-3-6-19/h1-3,5-6,8-9,11-12,21-22H,4,7,10,13-18H2/t21-,22-/m1/s1. The highest BCUT2D eigenvalue weighted by atomic mass is 16.5. The van der Waals surface area contributed by atoms with Crippen molar-refractivity contribution in [3.05, 3.63) is 66.0 Å². The van der Waals surface area contributed by atoms with Gasteiger partial charge in [-0.25, -0.2) is 0 Å². The molecule has 0 N–H and O–H groups in total. The minimum Gasteiger partial charge on any atom is -0.370 e. The van der Waals surface area contributed by atoms with Crippen LogP contribution < -0.4 is 0 Å². The van der Waals surface area contributed by atoms with Crippen molar-refractivity contribution in [3.63, 3.8) is 0 Å². The van der Waals surface area contributed by atoms with Crippen LogP contribution in [0.25, 0.3) is 0 Å². The largest absolute Gasteiger partial charge is 0.370 e. The molecule has 2 aromatic rings. The number of ether oxygens (including phenoxy) is 2. The van der Waals surface area contributed by atoms with Gasteiger partial charge in [0.2, 0.25) is 5.91 Å². The fourth-order valence-corrected chi connectivity index (χ4v) is 4.05. The van der Waals surface area contributed by atoms with Crippen LogP contribution >= 0.6 is 0 Å². The van der Waals surface area contributed by atoms with Gasteiger partial charge in [-0.15, -0.1) is 0 Å². The summed E-state index contributed by atoms with van der Waals surface area (Å²) in [6.07, 6.45) is 5.12. The average molecular weight is 424 g/mol. The Morgan fingerprint density at radius 3 is 2.65 bits per heavy atom. The number of rotatable bonds is 7. The van der Waals surface area contributed by atoms with Crippen molar-refractivity contribution in [3.8, 4) is 0 Å². The van der Waals surface area contributed by atoms with E-state index in [-0.39, 0.29) is 24.5 Å². The van der Waals surface area contributed by atoms with Crippen molar-refractivity contribution in [2.75, 3.05) is 32.8 Å². The molecule has 164 valence electrons. The smallest absolute Gasteiger partial charge is 0.252 e. The van der Waals surface area contributed by atoms with Gasteiger partial charge >= 0.3 is 0 Å². The summed E-state index contributed by atoms with van der Waals surface area (Å²) in [4.78, 5) is 33.5. The van der Waals surface area contributed by atoms with E-state index < -0.39 is 6.10 Å². The Balaban J connectivity index is 1.44. The van der Waals surface area contributed by atoms with Crippen LogP contribution in [-0.4, -0.2) is 71.6 Å². The van der Waals surface area contributed by atoms with Crippen LogP contribution in [0.5, 0.6) is 0 Å². The predicted octanol–water partition coefficient (Wildman–Crippen LogP) is 2.06. The summed E-state index contributed by atoms with van der Waals surface area (Å²) in [5, 5.41) is 0. The third kappa shape index (κ3) is 5.89. The molecule has 2 saturated heterocycles. The van der Waals surface area contributed by atoms with Gasteiger partial charge in [0.1, 0.15) is 6.10 Å². The van der Waals surface area contributed by atoms with Gasteiger partial charge in [0.25, 0.3) is 5.91 Å². The summed E-state index contributed by atoms with van der Waals surface area (Å²) in [5.41, 5.74) is 2.19. The molecule has 0 bridgehead atoms. The molecule has 0 aliphatic carbocycles. The minimum atomic E-state index is -0.440. The Bertz CT molecular complexity index is 856. The van der Waals surface area contributed by atoms with Crippen molar-refractivity contribution in [2.45, 2.75) is 38.1 Å². The third-order valence-electron chi connectivity index (χ3n) is 5.79. The molecule has 0 spiro atoms. The van der Waals surface area contributed by atoms with Crippen molar-refractivity contribution < 1.29 is 19.1 Å². The summed E-state index contributed by atoms with van der Waals surface area (Å²) in [6, 6.07) is 13.9. The van der Waals surface area contributed by atoms with E-state index in [0.29, 0.717) is 39.3 Å². The van der Waals surface area contributed by atoms with Crippen LogP contribution in [0.3, 0.4) is 0 Å². The minimum absolute atomic E-state index is 0.0442. The van der Waals surface area contributed by atoms with Crippen molar-refractivity contribution in [2.24, 2.45) is 0 Å². The Hall–Kier alpha value is -2.77. The number of benzene rings is 1. The first-order valence-corrected chi connectivity index (χ1v) is 10.9. The number of hydrogen-bond acceptors (Lipinski definition) is 5. The van der Waals surface area contributed by atoms with Gasteiger partial charge < -0.3 is 19.3 Å². The van der Waals surface area contributed by atoms with Crippen LogP contribution in [-0.2, 0) is 32.1 Å². The molecule has 2 aliphatic heterocycles. The van der Waals surface area contributed by atoms with Crippen molar-refractivity contribution in [1.29, 1.82) is 0 Å². The number of carbonyl (C=O) groups excluding carboxylic acids is 2. The molecular formula is C24H29N3O4. The fraction of sp³-hybridized carbons (Fsp3) is 0.458. The average Bonchev–Trinajstić information content (AvgIpc) is 3.29. The molecule has 7 heteroatoms. The Morgan fingerprint density at radius 1 is 1.10 bits per heavy atom. The van der Waals surface area contributed by atoms with Gasteiger partial charge in [-0.1, -0.05) is 30.3 Å². The third-order valence-corrected chi connectivity index (χ3v) is 5.79. The number of hydrogen-bond donors (Lipinski definition) is 0. The normalized spacial score (nSPS) is 21.9. The molecule has 2 amide bonds. The molecule has 0 saturated carbocycles. The van der Waals surface area contributed by atoms with Crippen LogP contribution in [0.2, 0.25) is 0 Å². The highest BCUT2D eigenvalue weighted by molar-refractivity contribution is 5.87. The fourth-order valence-electron chi connectivity index (χ4n) is 4.05. The topological polar surface area (TPSA) is 72.0 Å². The Morgan fingerprint density at radius 2 is 1.90 bits per heavy atom. The van der Waals surface area contributed by atoms with Crippen LogP contribution in [0.1, 0.15) is 24.0 Å². The van der Waals surface area contributed by atoms with Gasteiger partial charge in [0.15, 0.2) is 0 Å². The van der Waals surface area contributed by atoms with E-state index in [2.05, 4.69) is 17.1 Å². The Kier molecular flexibility index (Phi) is 7.27. The lowest BCUT2D eigenvalue weighted by Crippen LogP contribution is -2.44. The second-order valence-corrected chi connectivity index (χ2v) is 8.08. The van der Waals surface area contributed by atoms with Crippen LogP contribution in [0.4, 0.5) is 0 Å². The molecule has 0 radical (unpaired) electrons. The van der Waals surface area contributed by atoms with Crippen molar-refractivity contribution in [1.82, 2.24) is 14.8 Å². The number of carbonyl (C=O) groups is 2. The Labute approximate surface area is 183 Å². The zero-order valence-electron chi connectivity index (χ0n) is 17.7. The molecule has 1 aromatic carbocycles. The summed E-state index contributed by atoms with van der Waals surface area (Å²) in [7, 11) is 0. The second-order valence-electron chi connectivity index (χ2n) is 8.08. The van der Waals surface area contributed by atoms with Crippen LogP contribution in [0.15, 0.2) is 54.9 Å². The van der Waals surface area contributed by atoms with Gasteiger partial charge in [0, 0.05) is 38.6 Å². The molecule has 0 unspecified atom stereocenters. The number of pyridine rings is 1. The second kappa shape index (κ2) is 10.5. The molecule has 3 heterocycles. The molecular weight excluding hydrogens is 394 g/mol. The van der Waals surface area contributed by atoms with E-state index in [1.165, 1.54) is 5.56 Å². The first-order chi connectivity index (χ1) is 15.2. The van der Waals surface area contributed by atoms with E-state index in [4.69, 9.17) is 9.47 Å². The number of nitrogens with zero attached hydrogens (tertiary/aromatic N) is 3. The maximum atomic E-state index is 13.0. The molecule has 2 atom stereocenters. The maximum Gasteiger partial charge on any atom is 0.252 e. The number of aromatic nitrogens is 1. The monoisotopic (exact) mass is 423 g/mol. The SMILES string of the molecule is O=C1CN(C(=O)[C@H]2CCCO2)C[C@H](OCc2ccncc2)CN1CCc1ccccc1. The summed E-state index contributed by atoms with van der Waals surface area (Å²) >= 11 is 0. The van der Waals surface area contributed by atoms with E-state index >= 15 is 0 Å². The summed E-state index contributed by atoms with van der Waals surface area (Å²) in [6.45, 7) is 2.53. The van der Waals surface area contributed by atoms with Gasteiger partial charge in [-0.2, -0.15) is 0 Å². The van der Waals surface area contributed by atoms with E-state index in [1.807, 2.05) is 35.2 Å². The van der Waals surface area contributed by atoms with Crippen LogP contribution in [0, 0.1) is 0 Å². The van der Waals surface area contributed by atoms with Gasteiger partial charge in [-0.05, 0) is 42.5 Å². The van der Waals surface area contributed by atoms with E-state index in [9.17, 15) is 9.59 Å². The van der Waals surface area contributed by atoms with Gasteiger partial charge in [0.05, 0.1) is 19.3 Å². The predicted molar refractivity (Wildman–Crippen MR) is 115 cm³/mol. The first kappa shape index (κ1) is 21.5. The van der Waals surface area contributed by atoms with E-state index in [0.717, 1.165) is 18.4 Å². The van der Waals surface area contributed by atoms with Crippen molar-refractivity contribution >= 4 is 11.8 Å². The zero-order valence-corrected chi connectivity index (χ0v) is 17.7. The maximum absolute atomic E-state index is 13.0. The van der Waals surface area contributed by atoms with E-state index in [1.54, 1.807) is 17.3 Å². The zero-order chi connectivity index (χ0) is 21.5. The lowest BCUT2D eigenvalue weighted by atomic mass is 10.1. The quantitative estimate of drug-likeness (QED) is 0.682. The summed E-state index contributed by atoms with van der Waals surface area (Å²) in [5.74, 6) is -0.148. The molecule has 2 fully saturated rings. The molecule has 2 aliphatic rings. The molecule has 7 nitrogen and oxygen atoms in total. The highest BCUT2D eigenvalue weighted by Crippen LogP contribution is 2.18. The first-order valence-electron chi connectivity index (χ1n) is 10.9. The lowest BCUT2D eigenvalue weighted by molar-refractivity contribution is -0.145. The summed E-state index contributed by atoms with van der Waals surface area (Å²) < 4.78 is 11.7. The lowest BCUT2D eigenvalue weighted by Gasteiger charge is -2.26. The van der Waals surface area contributed by atoms with Gasteiger partial charge in [-0.3, -0.25) is 14.6 Å². The highest BCUT2D eigenvalue weighted by Gasteiger charge is 2.35. The molecule has 4 rings (SSSR count). The molecule has 1 aromatic heterocycles. The number of amides is 2.